The first-order valence-electron chi connectivity index (χ1n) is 19.8. The molecule has 11 rings (SSSR count). The zero-order chi connectivity index (χ0) is 39.1. The summed E-state index contributed by atoms with van der Waals surface area (Å²) in [6, 6.07) is 75.2. The molecule has 0 bridgehead atoms. The third-order valence-electron chi connectivity index (χ3n) is 11.2. The lowest BCUT2D eigenvalue weighted by Gasteiger charge is -2.14. The van der Waals surface area contributed by atoms with Crippen LogP contribution in [0.1, 0.15) is 0 Å². The highest BCUT2D eigenvalue weighted by molar-refractivity contribution is 7.25. The minimum atomic E-state index is 0.628. The number of nitrogens with zero attached hydrogens (tertiary/aromatic N) is 3. The van der Waals surface area contributed by atoms with E-state index >= 15 is 0 Å². The summed E-state index contributed by atoms with van der Waals surface area (Å²) in [6.45, 7) is 0. The SMILES string of the molecule is c1ccc(-c2ccc(-c3nc(-c4ccc(-c5ccc(-c6ccc7c(c6)sc6ccccc67)c6ccccc56)cc4)nc(-c4ccccc4-c4ccccc4)n3)cc2)cc1. The first-order valence-corrected chi connectivity index (χ1v) is 20.7. The van der Waals surface area contributed by atoms with Crippen LogP contribution in [0.25, 0.3) is 110 Å². The molecule has 2 heterocycles. The van der Waals surface area contributed by atoms with Gasteiger partial charge < -0.3 is 0 Å². The molecule has 9 aromatic carbocycles. The summed E-state index contributed by atoms with van der Waals surface area (Å²) in [6.07, 6.45) is 0. The number of aromatic nitrogens is 3. The van der Waals surface area contributed by atoms with E-state index in [1.54, 1.807) is 0 Å². The standard InChI is InChI=1S/C55H35N3S/c1-3-13-36(14-4-1)37-23-27-40(28-24-37)53-56-54(58-55(57-53)50-21-10-7-17-43(50)38-15-5-2-6-16-38)41-29-25-39(26-30-41)44-33-34-45(47-19-9-8-18-46(44)47)42-31-32-49-48-20-11-12-22-51(48)59-52(49)35-42/h1-35H. The average molecular weight is 770 g/mol. The van der Waals surface area contributed by atoms with E-state index in [9.17, 15) is 0 Å². The van der Waals surface area contributed by atoms with Crippen LogP contribution in [-0.2, 0) is 0 Å². The minimum absolute atomic E-state index is 0.628. The van der Waals surface area contributed by atoms with E-state index in [2.05, 4.69) is 194 Å². The van der Waals surface area contributed by atoms with Gasteiger partial charge in [0.2, 0.25) is 0 Å². The van der Waals surface area contributed by atoms with Crippen molar-refractivity contribution in [2.45, 2.75) is 0 Å². The molecule has 0 saturated heterocycles. The zero-order valence-corrected chi connectivity index (χ0v) is 32.8. The van der Waals surface area contributed by atoms with Crippen molar-refractivity contribution in [3.63, 3.8) is 0 Å². The maximum Gasteiger partial charge on any atom is 0.164 e. The van der Waals surface area contributed by atoms with Crippen LogP contribution in [0.15, 0.2) is 212 Å². The summed E-state index contributed by atoms with van der Waals surface area (Å²) in [5.74, 6) is 1.89. The van der Waals surface area contributed by atoms with E-state index in [1.807, 2.05) is 29.5 Å². The van der Waals surface area contributed by atoms with Crippen molar-refractivity contribution < 1.29 is 0 Å². The quantitative estimate of drug-likeness (QED) is 0.162. The largest absolute Gasteiger partial charge is 0.208 e. The van der Waals surface area contributed by atoms with E-state index < -0.39 is 0 Å². The maximum absolute atomic E-state index is 5.16. The van der Waals surface area contributed by atoms with Gasteiger partial charge in [0, 0.05) is 36.9 Å². The Morgan fingerprint density at radius 1 is 0.237 bits per heavy atom. The smallest absolute Gasteiger partial charge is 0.164 e. The molecular weight excluding hydrogens is 735 g/mol. The number of fused-ring (bicyclic) bond motifs is 4. The first-order chi connectivity index (χ1) is 29.2. The highest BCUT2D eigenvalue weighted by Gasteiger charge is 2.17. The molecule has 0 aliphatic heterocycles. The molecule has 0 fully saturated rings. The third-order valence-corrected chi connectivity index (χ3v) is 12.3. The molecule has 3 nitrogen and oxygen atoms in total. The highest BCUT2D eigenvalue weighted by Crippen LogP contribution is 2.40. The fourth-order valence-electron chi connectivity index (χ4n) is 8.24. The lowest BCUT2D eigenvalue weighted by molar-refractivity contribution is 1.07. The van der Waals surface area contributed by atoms with E-state index in [4.69, 9.17) is 15.0 Å². The summed E-state index contributed by atoms with van der Waals surface area (Å²) in [5.41, 5.74) is 12.1. The molecule has 0 N–H and O–H groups in total. The fraction of sp³-hybridized carbons (Fsp3) is 0. The van der Waals surface area contributed by atoms with Gasteiger partial charge in [-0.3, -0.25) is 0 Å². The van der Waals surface area contributed by atoms with Crippen LogP contribution in [0.3, 0.4) is 0 Å². The Morgan fingerprint density at radius 2 is 0.661 bits per heavy atom. The van der Waals surface area contributed by atoms with Crippen LogP contribution in [0.5, 0.6) is 0 Å². The van der Waals surface area contributed by atoms with Gasteiger partial charge in [-0.2, -0.15) is 0 Å². The van der Waals surface area contributed by atoms with Crippen molar-refractivity contribution in [3.05, 3.63) is 212 Å². The van der Waals surface area contributed by atoms with Gasteiger partial charge in [-0.05, 0) is 67.4 Å². The van der Waals surface area contributed by atoms with Crippen LogP contribution < -0.4 is 0 Å². The third kappa shape index (κ3) is 6.46. The summed E-state index contributed by atoms with van der Waals surface area (Å²) in [5, 5.41) is 5.09. The molecule has 0 saturated carbocycles. The molecule has 59 heavy (non-hydrogen) atoms. The first kappa shape index (κ1) is 34.7. The van der Waals surface area contributed by atoms with Crippen LogP contribution >= 0.6 is 11.3 Å². The molecular formula is C55H35N3S. The molecule has 276 valence electrons. The lowest BCUT2D eigenvalue weighted by Crippen LogP contribution is -2.01. The predicted molar refractivity (Wildman–Crippen MR) is 248 cm³/mol. The molecule has 0 atom stereocenters. The lowest BCUT2D eigenvalue weighted by atomic mass is 9.91. The molecule has 0 radical (unpaired) electrons. The Balaban J connectivity index is 0.989. The van der Waals surface area contributed by atoms with Gasteiger partial charge in [0.1, 0.15) is 0 Å². The molecule has 0 unspecified atom stereocenters. The van der Waals surface area contributed by atoms with Gasteiger partial charge in [0.25, 0.3) is 0 Å². The topological polar surface area (TPSA) is 38.7 Å². The summed E-state index contributed by atoms with van der Waals surface area (Å²) < 4.78 is 2.63. The highest BCUT2D eigenvalue weighted by atomic mass is 32.1. The number of hydrogen-bond donors (Lipinski definition) is 0. The Bertz CT molecular complexity index is 3300. The van der Waals surface area contributed by atoms with Gasteiger partial charge in [0.15, 0.2) is 17.5 Å². The van der Waals surface area contributed by atoms with E-state index in [0.717, 1.165) is 38.9 Å². The Hall–Kier alpha value is -7.53. The number of benzene rings is 9. The maximum atomic E-state index is 5.16. The van der Waals surface area contributed by atoms with Crippen molar-refractivity contribution in [2.24, 2.45) is 0 Å². The normalized spacial score (nSPS) is 11.4. The molecule has 0 aliphatic carbocycles. The van der Waals surface area contributed by atoms with Crippen molar-refractivity contribution in [1.82, 2.24) is 15.0 Å². The van der Waals surface area contributed by atoms with E-state index in [1.165, 1.54) is 53.2 Å². The van der Waals surface area contributed by atoms with Crippen molar-refractivity contribution >= 4 is 42.3 Å². The van der Waals surface area contributed by atoms with Gasteiger partial charge in [-0.15, -0.1) is 11.3 Å². The van der Waals surface area contributed by atoms with E-state index in [0.29, 0.717) is 17.5 Å². The second-order valence-electron chi connectivity index (χ2n) is 14.8. The predicted octanol–water partition coefficient (Wildman–Crippen LogP) is 15.1. The molecule has 2 aromatic heterocycles. The Morgan fingerprint density at radius 3 is 1.32 bits per heavy atom. The van der Waals surface area contributed by atoms with E-state index in [-0.39, 0.29) is 0 Å². The van der Waals surface area contributed by atoms with Crippen LogP contribution in [-0.4, -0.2) is 15.0 Å². The second-order valence-corrected chi connectivity index (χ2v) is 15.8. The van der Waals surface area contributed by atoms with Gasteiger partial charge in [-0.1, -0.05) is 200 Å². The van der Waals surface area contributed by atoms with Crippen molar-refractivity contribution in [1.29, 1.82) is 0 Å². The van der Waals surface area contributed by atoms with Crippen molar-refractivity contribution in [3.8, 4) is 78.7 Å². The van der Waals surface area contributed by atoms with Gasteiger partial charge in [0.05, 0.1) is 0 Å². The monoisotopic (exact) mass is 769 g/mol. The average Bonchev–Trinajstić information content (AvgIpc) is 3.70. The number of rotatable bonds is 7. The van der Waals surface area contributed by atoms with Crippen LogP contribution in [0.2, 0.25) is 0 Å². The summed E-state index contributed by atoms with van der Waals surface area (Å²) in [4.78, 5) is 15.4. The summed E-state index contributed by atoms with van der Waals surface area (Å²) >= 11 is 1.86. The second kappa shape index (κ2) is 14.8. The van der Waals surface area contributed by atoms with Crippen LogP contribution in [0, 0.1) is 0 Å². The van der Waals surface area contributed by atoms with Crippen LogP contribution in [0.4, 0.5) is 0 Å². The molecule has 11 aromatic rings. The minimum Gasteiger partial charge on any atom is -0.208 e. The number of hydrogen-bond acceptors (Lipinski definition) is 4. The number of thiophene rings is 1. The summed E-state index contributed by atoms with van der Waals surface area (Å²) in [7, 11) is 0. The molecule has 0 amide bonds. The fourth-order valence-corrected chi connectivity index (χ4v) is 9.38. The molecule has 0 spiro atoms. The van der Waals surface area contributed by atoms with Gasteiger partial charge >= 0.3 is 0 Å². The Kier molecular flexibility index (Phi) is 8.68. The van der Waals surface area contributed by atoms with Crippen molar-refractivity contribution in [2.75, 3.05) is 0 Å². The zero-order valence-electron chi connectivity index (χ0n) is 32.0. The molecule has 0 aliphatic rings. The molecule has 4 heteroatoms. The Labute approximate surface area is 346 Å². The van der Waals surface area contributed by atoms with Gasteiger partial charge in [-0.25, -0.2) is 15.0 Å².